The van der Waals surface area contributed by atoms with Crippen molar-refractivity contribution in [3.8, 4) is 0 Å². The summed E-state index contributed by atoms with van der Waals surface area (Å²) < 4.78 is 16.5. The van der Waals surface area contributed by atoms with E-state index in [-0.39, 0.29) is 6.61 Å². The van der Waals surface area contributed by atoms with Gasteiger partial charge in [0.25, 0.3) is 0 Å². The van der Waals surface area contributed by atoms with Crippen LogP contribution in [0.2, 0.25) is 0 Å². The van der Waals surface area contributed by atoms with Crippen LogP contribution in [0.1, 0.15) is 12.0 Å². The normalized spacial score (nSPS) is 15.2. The van der Waals surface area contributed by atoms with Gasteiger partial charge in [-0.2, -0.15) is 0 Å². The second kappa shape index (κ2) is 10.1. The molecule has 0 fully saturated rings. The fraction of sp³-hybridized carbons (Fsp3) is 0.333. The van der Waals surface area contributed by atoms with Gasteiger partial charge in [-0.25, -0.2) is 4.79 Å². The van der Waals surface area contributed by atoms with Crippen LogP contribution in [0.15, 0.2) is 57.7 Å². The highest BCUT2D eigenvalue weighted by molar-refractivity contribution is 9.10. The number of aliphatic imine (C=N–C) groups is 1. The van der Waals surface area contributed by atoms with Crippen molar-refractivity contribution in [2.75, 3.05) is 26.9 Å². The average Bonchev–Trinajstić information content (AvgIpc) is 2.62. The zero-order valence-electron chi connectivity index (χ0n) is 13.5. The molecule has 0 bridgehead atoms. The maximum atomic E-state index is 11.0. The van der Waals surface area contributed by atoms with E-state index in [9.17, 15) is 4.79 Å². The molecule has 24 heavy (non-hydrogen) atoms. The number of benzene rings is 1. The summed E-state index contributed by atoms with van der Waals surface area (Å²) in [5.74, 6) is 0.262. The van der Waals surface area contributed by atoms with Gasteiger partial charge in [-0.3, -0.25) is 4.99 Å². The second-order valence-corrected chi connectivity index (χ2v) is 5.98. The van der Waals surface area contributed by atoms with Gasteiger partial charge in [0.15, 0.2) is 6.61 Å². The average molecular weight is 394 g/mol. The van der Waals surface area contributed by atoms with E-state index >= 15 is 0 Å². The van der Waals surface area contributed by atoms with Gasteiger partial charge in [-0.15, -0.1) is 0 Å². The van der Waals surface area contributed by atoms with Crippen molar-refractivity contribution in [3.63, 3.8) is 0 Å². The smallest absolute Gasteiger partial charge is 0.343 e. The molecular weight excluding hydrogens is 374 g/mol. The summed E-state index contributed by atoms with van der Waals surface area (Å²) in [5.41, 5.74) is 2.10. The number of nitrogens with zero attached hydrogens (tertiary/aromatic N) is 1. The Bertz CT molecular complexity index is 635. The molecule has 0 amide bonds. The molecule has 0 aromatic heterocycles. The number of rotatable bonds is 8. The van der Waals surface area contributed by atoms with E-state index in [1.54, 1.807) is 6.08 Å². The lowest BCUT2D eigenvalue weighted by Crippen LogP contribution is -2.11. The zero-order valence-corrected chi connectivity index (χ0v) is 15.1. The molecule has 1 aliphatic carbocycles. The highest BCUT2D eigenvalue weighted by Crippen LogP contribution is 2.12. The first kappa shape index (κ1) is 18.4. The van der Waals surface area contributed by atoms with Crippen LogP contribution in [0.3, 0.4) is 0 Å². The van der Waals surface area contributed by atoms with Crippen molar-refractivity contribution in [3.05, 3.63) is 58.3 Å². The Kier molecular flexibility index (Phi) is 7.71. The number of carbonyl (C=O) groups excluding carboxylic acids is 1. The lowest BCUT2D eigenvalue weighted by atomic mass is 10.1. The number of halogens is 1. The van der Waals surface area contributed by atoms with Gasteiger partial charge in [-0.1, -0.05) is 28.1 Å². The number of ether oxygens (including phenoxy) is 3. The molecule has 0 unspecified atom stereocenters. The molecule has 6 heteroatoms. The van der Waals surface area contributed by atoms with Crippen molar-refractivity contribution < 1.29 is 19.0 Å². The third kappa shape index (κ3) is 6.68. The number of hydrogen-bond acceptors (Lipinski definition) is 5. The summed E-state index contributed by atoms with van der Waals surface area (Å²) in [6.45, 7) is 1.69. The quantitative estimate of drug-likeness (QED) is 0.501. The van der Waals surface area contributed by atoms with Crippen LogP contribution in [0.25, 0.3) is 0 Å². The standard InChI is InChI=1S/C18H20BrNO4/c1-22-18(21)13-24-17-8-6-16(7-9-17)20-10-11-23-12-14-2-4-15(19)5-3-14/h2-6,8-9H,7,10-13H2,1H3. The predicted molar refractivity (Wildman–Crippen MR) is 95.9 cm³/mol. The Hall–Kier alpha value is -1.92. The first-order valence-corrected chi connectivity index (χ1v) is 8.40. The van der Waals surface area contributed by atoms with E-state index in [0.717, 1.165) is 15.7 Å². The van der Waals surface area contributed by atoms with E-state index < -0.39 is 5.97 Å². The fourth-order valence-electron chi connectivity index (χ4n) is 1.97. The number of methoxy groups -OCH3 is 1. The molecule has 0 heterocycles. The van der Waals surface area contributed by atoms with Crippen LogP contribution in [0.4, 0.5) is 0 Å². The Labute approximate surface area is 150 Å². The molecule has 1 aliphatic rings. The van der Waals surface area contributed by atoms with Crippen LogP contribution in [-0.4, -0.2) is 38.5 Å². The monoisotopic (exact) mass is 393 g/mol. The molecule has 0 saturated carbocycles. The molecule has 0 spiro atoms. The SMILES string of the molecule is COC(=O)COC1=CCC(=NCCOCc2ccc(Br)cc2)C=C1. The van der Waals surface area contributed by atoms with Gasteiger partial charge in [0, 0.05) is 16.6 Å². The van der Waals surface area contributed by atoms with E-state index in [4.69, 9.17) is 9.47 Å². The summed E-state index contributed by atoms with van der Waals surface area (Å²) in [7, 11) is 1.33. The Morgan fingerprint density at radius 2 is 2.04 bits per heavy atom. The third-order valence-electron chi connectivity index (χ3n) is 3.27. The van der Waals surface area contributed by atoms with Gasteiger partial charge in [0.1, 0.15) is 5.76 Å². The minimum Gasteiger partial charge on any atom is -0.482 e. The molecule has 2 rings (SSSR count). The summed E-state index contributed by atoms with van der Waals surface area (Å²) in [4.78, 5) is 15.5. The number of allylic oxidation sites excluding steroid dienone is 3. The van der Waals surface area contributed by atoms with Crippen molar-refractivity contribution in [2.45, 2.75) is 13.0 Å². The van der Waals surface area contributed by atoms with Crippen molar-refractivity contribution >= 4 is 27.6 Å². The van der Waals surface area contributed by atoms with E-state index in [0.29, 0.717) is 31.9 Å². The predicted octanol–water partition coefficient (Wildman–Crippen LogP) is 3.44. The van der Waals surface area contributed by atoms with Crippen LogP contribution in [0.5, 0.6) is 0 Å². The maximum Gasteiger partial charge on any atom is 0.343 e. The number of hydrogen-bond donors (Lipinski definition) is 0. The Morgan fingerprint density at radius 1 is 1.25 bits per heavy atom. The largest absolute Gasteiger partial charge is 0.482 e. The van der Waals surface area contributed by atoms with Crippen LogP contribution >= 0.6 is 15.9 Å². The minimum atomic E-state index is -0.397. The molecule has 0 aliphatic heterocycles. The molecule has 5 nitrogen and oxygen atoms in total. The molecule has 128 valence electrons. The van der Waals surface area contributed by atoms with Gasteiger partial charge < -0.3 is 14.2 Å². The first-order chi connectivity index (χ1) is 11.7. The van der Waals surface area contributed by atoms with E-state index in [1.807, 2.05) is 36.4 Å². The summed E-state index contributed by atoms with van der Waals surface area (Å²) in [5, 5.41) is 0. The van der Waals surface area contributed by atoms with Gasteiger partial charge in [-0.05, 0) is 35.9 Å². The molecule has 1 aromatic carbocycles. The van der Waals surface area contributed by atoms with Crippen LogP contribution < -0.4 is 0 Å². The lowest BCUT2D eigenvalue weighted by Gasteiger charge is -2.10. The fourth-order valence-corrected chi connectivity index (χ4v) is 2.23. The first-order valence-electron chi connectivity index (χ1n) is 7.61. The van der Waals surface area contributed by atoms with Gasteiger partial charge in [0.05, 0.1) is 26.9 Å². The molecule has 0 N–H and O–H groups in total. The van der Waals surface area contributed by atoms with Crippen molar-refractivity contribution in [1.29, 1.82) is 0 Å². The molecule has 0 atom stereocenters. The molecule has 0 radical (unpaired) electrons. The van der Waals surface area contributed by atoms with Crippen LogP contribution in [0, 0.1) is 0 Å². The Morgan fingerprint density at radius 3 is 2.71 bits per heavy atom. The minimum absolute atomic E-state index is 0.0803. The van der Waals surface area contributed by atoms with Crippen molar-refractivity contribution in [2.24, 2.45) is 4.99 Å². The molecular formula is C18H20BrNO4. The maximum absolute atomic E-state index is 11.0. The van der Waals surface area contributed by atoms with Crippen LogP contribution in [-0.2, 0) is 25.6 Å². The van der Waals surface area contributed by atoms with Crippen molar-refractivity contribution in [1.82, 2.24) is 0 Å². The van der Waals surface area contributed by atoms with Gasteiger partial charge >= 0.3 is 5.97 Å². The van der Waals surface area contributed by atoms with E-state index in [1.165, 1.54) is 7.11 Å². The number of carbonyl (C=O) groups is 1. The summed E-state index contributed by atoms with van der Waals surface area (Å²) in [6, 6.07) is 8.05. The summed E-state index contributed by atoms with van der Waals surface area (Å²) in [6.07, 6.45) is 6.26. The highest BCUT2D eigenvalue weighted by atomic mass is 79.9. The van der Waals surface area contributed by atoms with Gasteiger partial charge in [0.2, 0.25) is 0 Å². The highest BCUT2D eigenvalue weighted by Gasteiger charge is 2.06. The molecule has 0 saturated heterocycles. The molecule has 1 aromatic rings. The topological polar surface area (TPSA) is 57.1 Å². The van der Waals surface area contributed by atoms with E-state index in [2.05, 4.69) is 25.7 Å². The third-order valence-corrected chi connectivity index (χ3v) is 3.80. The Balaban J connectivity index is 1.63. The second-order valence-electron chi connectivity index (χ2n) is 5.06. The summed E-state index contributed by atoms with van der Waals surface area (Å²) >= 11 is 3.41. The number of esters is 1. The lowest BCUT2D eigenvalue weighted by molar-refractivity contribution is -0.144. The zero-order chi connectivity index (χ0) is 17.2.